The molecule has 0 bridgehead atoms. The average molecular weight is 230 g/mol. The summed E-state index contributed by atoms with van der Waals surface area (Å²) >= 11 is 0. The molecule has 2 rings (SSSR count). The molecule has 0 spiro atoms. The molecule has 1 amide bonds. The van der Waals surface area contributed by atoms with Crippen LogP contribution in [0.5, 0.6) is 0 Å². The highest BCUT2D eigenvalue weighted by Gasteiger charge is 2.48. The van der Waals surface area contributed by atoms with Gasteiger partial charge in [-0.25, -0.2) is 9.97 Å². The van der Waals surface area contributed by atoms with Gasteiger partial charge in [-0.15, -0.1) is 0 Å². The molecular formula is C12H14N4O. The molecule has 1 heterocycles. The quantitative estimate of drug-likeness (QED) is 0.841. The lowest BCUT2D eigenvalue weighted by Gasteiger charge is -2.39. The minimum absolute atomic E-state index is 0.184. The molecule has 0 aliphatic heterocycles. The van der Waals surface area contributed by atoms with E-state index in [-0.39, 0.29) is 5.91 Å². The van der Waals surface area contributed by atoms with Gasteiger partial charge in [0.2, 0.25) is 5.91 Å². The van der Waals surface area contributed by atoms with Crippen LogP contribution in [0.2, 0.25) is 0 Å². The Balaban J connectivity index is 1.92. The fraction of sp³-hybridized carbons (Fsp3) is 0.500. The third-order valence-corrected chi connectivity index (χ3v) is 3.12. The van der Waals surface area contributed by atoms with Gasteiger partial charge in [0.25, 0.3) is 0 Å². The van der Waals surface area contributed by atoms with E-state index < -0.39 is 5.41 Å². The highest BCUT2D eigenvalue weighted by molar-refractivity contribution is 5.86. The topological polar surface area (TPSA) is 78.7 Å². The molecule has 17 heavy (non-hydrogen) atoms. The number of rotatable bonds is 3. The zero-order valence-corrected chi connectivity index (χ0v) is 9.68. The predicted octanol–water partition coefficient (Wildman–Crippen LogP) is 1.03. The Hall–Kier alpha value is -1.96. The fourth-order valence-corrected chi connectivity index (χ4v) is 2.22. The summed E-state index contributed by atoms with van der Waals surface area (Å²) in [5.41, 5.74) is -0.0688. The van der Waals surface area contributed by atoms with Crippen LogP contribution < -0.4 is 5.32 Å². The number of nitriles is 1. The zero-order chi connectivity index (χ0) is 12.3. The molecule has 0 unspecified atom stereocenters. The van der Waals surface area contributed by atoms with Crippen molar-refractivity contribution in [1.82, 2.24) is 15.3 Å². The van der Waals surface area contributed by atoms with Gasteiger partial charge in [-0.2, -0.15) is 5.26 Å². The van der Waals surface area contributed by atoms with Crippen molar-refractivity contribution in [3.8, 4) is 6.07 Å². The van der Waals surface area contributed by atoms with Crippen LogP contribution >= 0.6 is 0 Å². The zero-order valence-electron chi connectivity index (χ0n) is 9.68. The van der Waals surface area contributed by atoms with Gasteiger partial charge in [0.1, 0.15) is 11.7 Å². The first-order valence-corrected chi connectivity index (χ1v) is 5.61. The van der Waals surface area contributed by atoms with E-state index in [4.69, 9.17) is 5.26 Å². The second-order valence-electron chi connectivity index (χ2n) is 4.59. The maximum Gasteiger partial charge on any atom is 0.240 e. The SMILES string of the molecule is CC1CC(C#N)(C(=O)NCc2ccncn2)C1. The maximum atomic E-state index is 11.9. The number of carbonyl (C=O) groups is 1. The third-order valence-electron chi connectivity index (χ3n) is 3.12. The van der Waals surface area contributed by atoms with E-state index in [2.05, 4.69) is 21.4 Å². The van der Waals surface area contributed by atoms with Gasteiger partial charge in [-0.05, 0) is 24.8 Å². The van der Waals surface area contributed by atoms with Crippen molar-refractivity contribution in [2.45, 2.75) is 26.3 Å². The molecule has 0 aromatic carbocycles. The van der Waals surface area contributed by atoms with Gasteiger partial charge >= 0.3 is 0 Å². The molecule has 5 heteroatoms. The minimum atomic E-state index is -0.813. The Morgan fingerprint density at radius 1 is 1.71 bits per heavy atom. The molecule has 1 aromatic heterocycles. The van der Waals surface area contributed by atoms with Crippen molar-refractivity contribution in [2.75, 3.05) is 0 Å². The third kappa shape index (κ3) is 2.26. The molecule has 1 aromatic rings. The summed E-state index contributed by atoms with van der Waals surface area (Å²) in [6.07, 6.45) is 4.37. The standard InChI is InChI=1S/C12H14N4O/c1-9-4-12(5-9,7-13)11(17)15-6-10-2-3-14-8-16-10/h2-3,8-9H,4-6H2,1H3,(H,15,17). The lowest BCUT2D eigenvalue weighted by atomic mass is 9.63. The summed E-state index contributed by atoms with van der Waals surface area (Å²) in [5.74, 6) is 0.274. The number of nitrogens with one attached hydrogen (secondary N) is 1. The number of hydrogen-bond donors (Lipinski definition) is 1. The fourth-order valence-electron chi connectivity index (χ4n) is 2.22. The van der Waals surface area contributed by atoms with Crippen LogP contribution in [0.1, 0.15) is 25.5 Å². The minimum Gasteiger partial charge on any atom is -0.349 e. The Bertz CT molecular complexity index is 445. The van der Waals surface area contributed by atoms with E-state index in [0.29, 0.717) is 25.3 Å². The van der Waals surface area contributed by atoms with Crippen molar-refractivity contribution in [3.05, 3.63) is 24.3 Å². The maximum absolute atomic E-state index is 11.9. The van der Waals surface area contributed by atoms with E-state index in [1.807, 2.05) is 6.92 Å². The molecule has 1 N–H and O–H groups in total. The number of carbonyl (C=O) groups excluding carboxylic acids is 1. The summed E-state index contributed by atoms with van der Waals surface area (Å²) in [6.45, 7) is 2.40. The Labute approximate surface area is 99.9 Å². The molecule has 1 fully saturated rings. The number of amides is 1. The lowest BCUT2D eigenvalue weighted by molar-refractivity contribution is -0.134. The van der Waals surface area contributed by atoms with Crippen LogP contribution in [0.3, 0.4) is 0 Å². The number of nitrogens with zero attached hydrogens (tertiary/aromatic N) is 3. The second kappa shape index (κ2) is 4.50. The summed E-state index contributed by atoms with van der Waals surface area (Å²) in [4.78, 5) is 19.7. The molecule has 1 aliphatic carbocycles. The highest BCUT2D eigenvalue weighted by atomic mass is 16.2. The molecule has 1 aliphatic rings. The molecule has 88 valence electrons. The summed E-state index contributed by atoms with van der Waals surface area (Å²) in [7, 11) is 0. The first-order chi connectivity index (χ1) is 8.16. The average Bonchev–Trinajstić information content (AvgIpc) is 2.33. The molecule has 1 saturated carbocycles. The molecule has 0 atom stereocenters. The van der Waals surface area contributed by atoms with Crippen molar-refractivity contribution in [1.29, 1.82) is 5.26 Å². The van der Waals surface area contributed by atoms with Crippen LogP contribution in [0.25, 0.3) is 0 Å². The summed E-state index contributed by atoms with van der Waals surface area (Å²) in [6, 6.07) is 3.88. The lowest BCUT2D eigenvalue weighted by Crippen LogP contribution is -2.47. The van der Waals surface area contributed by atoms with Crippen molar-refractivity contribution in [3.63, 3.8) is 0 Å². The first-order valence-electron chi connectivity index (χ1n) is 5.61. The summed E-state index contributed by atoms with van der Waals surface area (Å²) < 4.78 is 0. The number of hydrogen-bond acceptors (Lipinski definition) is 4. The van der Waals surface area contributed by atoms with Crippen LogP contribution in [0, 0.1) is 22.7 Å². The van der Waals surface area contributed by atoms with Crippen molar-refractivity contribution >= 4 is 5.91 Å². The van der Waals surface area contributed by atoms with Gasteiger partial charge in [-0.3, -0.25) is 4.79 Å². The van der Waals surface area contributed by atoms with Crippen molar-refractivity contribution in [2.24, 2.45) is 11.3 Å². The van der Waals surface area contributed by atoms with E-state index in [1.54, 1.807) is 12.3 Å². The Kier molecular flexibility index (Phi) is 3.05. The van der Waals surface area contributed by atoms with Crippen LogP contribution in [-0.4, -0.2) is 15.9 Å². The number of aromatic nitrogens is 2. The van der Waals surface area contributed by atoms with E-state index in [9.17, 15) is 4.79 Å². The van der Waals surface area contributed by atoms with E-state index in [0.717, 1.165) is 5.69 Å². The monoisotopic (exact) mass is 230 g/mol. The van der Waals surface area contributed by atoms with Gasteiger partial charge < -0.3 is 5.32 Å². The predicted molar refractivity (Wildman–Crippen MR) is 60.3 cm³/mol. The molecule has 5 nitrogen and oxygen atoms in total. The smallest absolute Gasteiger partial charge is 0.240 e. The van der Waals surface area contributed by atoms with Gasteiger partial charge in [0.05, 0.1) is 18.3 Å². The van der Waals surface area contributed by atoms with Crippen molar-refractivity contribution < 1.29 is 4.79 Å². The molecule has 0 radical (unpaired) electrons. The summed E-state index contributed by atoms with van der Waals surface area (Å²) in [5, 5.41) is 11.8. The van der Waals surface area contributed by atoms with E-state index >= 15 is 0 Å². The Morgan fingerprint density at radius 2 is 2.47 bits per heavy atom. The van der Waals surface area contributed by atoms with E-state index in [1.165, 1.54) is 6.33 Å². The van der Waals surface area contributed by atoms with Gasteiger partial charge in [0.15, 0.2) is 0 Å². The molecular weight excluding hydrogens is 216 g/mol. The van der Waals surface area contributed by atoms with Crippen LogP contribution in [0.4, 0.5) is 0 Å². The van der Waals surface area contributed by atoms with Gasteiger partial charge in [-0.1, -0.05) is 6.92 Å². The van der Waals surface area contributed by atoms with Gasteiger partial charge in [0, 0.05) is 6.20 Å². The second-order valence-corrected chi connectivity index (χ2v) is 4.59. The first kappa shape index (κ1) is 11.5. The Morgan fingerprint density at radius 3 is 3.00 bits per heavy atom. The largest absolute Gasteiger partial charge is 0.349 e. The highest BCUT2D eigenvalue weighted by Crippen LogP contribution is 2.45. The normalized spacial score (nSPS) is 26.7. The van der Waals surface area contributed by atoms with Crippen LogP contribution in [-0.2, 0) is 11.3 Å². The van der Waals surface area contributed by atoms with Crippen LogP contribution in [0.15, 0.2) is 18.6 Å². The molecule has 0 saturated heterocycles.